The maximum Gasteiger partial charge on any atom is 0.227 e. The molecule has 1 aliphatic heterocycles. The number of nitrogens with zero attached hydrogens (tertiary/aromatic N) is 2. The number of aromatic nitrogens is 2. The number of rotatable bonds is 7. The first-order chi connectivity index (χ1) is 10.1. The third-order valence-electron chi connectivity index (χ3n) is 4.33. The maximum atomic E-state index is 5.73. The molecule has 120 valence electrons. The zero-order valence-corrected chi connectivity index (χ0v) is 13.8. The highest BCUT2D eigenvalue weighted by molar-refractivity contribution is 4.94. The highest BCUT2D eigenvalue weighted by Crippen LogP contribution is 2.26. The van der Waals surface area contributed by atoms with Crippen molar-refractivity contribution in [2.45, 2.75) is 53.1 Å². The predicted octanol–water partition coefficient (Wildman–Crippen LogP) is 2.98. The van der Waals surface area contributed by atoms with Gasteiger partial charge in [0.25, 0.3) is 0 Å². The monoisotopic (exact) mass is 295 g/mol. The largest absolute Gasteiger partial charge is 0.370 e. The second-order valence-electron chi connectivity index (χ2n) is 6.45. The molecule has 0 amide bonds. The first-order valence-electron chi connectivity index (χ1n) is 8.26. The summed E-state index contributed by atoms with van der Waals surface area (Å²) < 4.78 is 11.2. The standard InChI is InChI=1S/C16H29N3O2/c1-5-20-15(11(2)3)16-18-14(21-19-16)9-12(4)13-7-6-8-17-10-13/h11-13,15,17H,5-10H2,1-4H3. The molecule has 1 N–H and O–H groups in total. The molecular formula is C16H29N3O2. The lowest BCUT2D eigenvalue weighted by atomic mass is 9.85. The van der Waals surface area contributed by atoms with E-state index in [4.69, 9.17) is 9.26 Å². The number of hydrogen-bond acceptors (Lipinski definition) is 5. The Labute approximate surface area is 127 Å². The molecule has 21 heavy (non-hydrogen) atoms. The third kappa shape index (κ3) is 4.51. The zero-order chi connectivity index (χ0) is 15.2. The van der Waals surface area contributed by atoms with E-state index in [0.717, 1.165) is 25.4 Å². The minimum Gasteiger partial charge on any atom is -0.370 e. The highest BCUT2D eigenvalue weighted by Gasteiger charge is 2.25. The SMILES string of the molecule is CCOC(c1noc(CC(C)C2CCCNC2)n1)C(C)C. The smallest absolute Gasteiger partial charge is 0.227 e. The van der Waals surface area contributed by atoms with E-state index in [2.05, 4.69) is 36.2 Å². The fraction of sp³-hybridized carbons (Fsp3) is 0.875. The van der Waals surface area contributed by atoms with Crippen molar-refractivity contribution >= 4 is 0 Å². The first kappa shape index (κ1) is 16.4. The van der Waals surface area contributed by atoms with Crippen LogP contribution in [0, 0.1) is 17.8 Å². The van der Waals surface area contributed by atoms with Crippen LogP contribution < -0.4 is 5.32 Å². The predicted molar refractivity (Wildman–Crippen MR) is 82.0 cm³/mol. The van der Waals surface area contributed by atoms with Crippen molar-refractivity contribution in [3.05, 3.63) is 11.7 Å². The zero-order valence-electron chi connectivity index (χ0n) is 13.8. The summed E-state index contributed by atoms with van der Waals surface area (Å²) in [4.78, 5) is 4.56. The molecule has 3 atom stereocenters. The van der Waals surface area contributed by atoms with Crippen LogP contribution in [0.25, 0.3) is 0 Å². The molecule has 0 radical (unpaired) electrons. The van der Waals surface area contributed by atoms with Gasteiger partial charge in [0.2, 0.25) is 11.7 Å². The number of ether oxygens (including phenoxy) is 1. The Kier molecular flexibility index (Phi) is 6.18. The van der Waals surface area contributed by atoms with E-state index < -0.39 is 0 Å². The summed E-state index contributed by atoms with van der Waals surface area (Å²) in [5, 5.41) is 7.60. The van der Waals surface area contributed by atoms with Crippen molar-refractivity contribution in [1.29, 1.82) is 0 Å². The quantitative estimate of drug-likeness (QED) is 0.838. The van der Waals surface area contributed by atoms with Crippen molar-refractivity contribution < 1.29 is 9.26 Å². The molecule has 2 rings (SSSR count). The Hall–Kier alpha value is -0.940. The van der Waals surface area contributed by atoms with Crippen LogP contribution in [0.2, 0.25) is 0 Å². The van der Waals surface area contributed by atoms with E-state index in [0.29, 0.717) is 30.2 Å². The molecule has 1 saturated heterocycles. The molecule has 5 nitrogen and oxygen atoms in total. The molecule has 0 saturated carbocycles. The molecule has 0 spiro atoms. The minimum atomic E-state index is -0.0702. The van der Waals surface area contributed by atoms with Gasteiger partial charge in [-0.05, 0) is 50.6 Å². The molecule has 0 aliphatic carbocycles. The normalized spacial score (nSPS) is 22.4. The lowest BCUT2D eigenvalue weighted by Gasteiger charge is -2.27. The summed E-state index contributed by atoms with van der Waals surface area (Å²) in [7, 11) is 0. The minimum absolute atomic E-state index is 0.0702. The summed E-state index contributed by atoms with van der Waals surface area (Å²) in [6.45, 7) is 11.4. The molecule has 0 aromatic carbocycles. The summed E-state index contributed by atoms with van der Waals surface area (Å²) in [5.74, 6) is 3.05. The van der Waals surface area contributed by atoms with Gasteiger partial charge >= 0.3 is 0 Å². The van der Waals surface area contributed by atoms with Crippen molar-refractivity contribution in [2.24, 2.45) is 17.8 Å². The Morgan fingerprint density at radius 2 is 2.19 bits per heavy atom. The van der Waals surface area contributed by atoms with E-state index in [1.54, 1.807) is 0 Å². The van der Waals surface area contributed by atoms with Crippen LogP contribution in [0.3, 0.4) is 0 Å². The fourth-order valence-electron chi connectivity index (χ4n) is 3.02. The van der Waals surface area contributed by atoms with Gasteiger partial charge in [-0.3, -0.25) is 0 Å². The van der Waals surface area contributed by atoms with Crippen LogP contribution >= 0.6 is 0 Å². The average Bonchev–Trinajstić information content (AvgIpc) is 2.93. The Bertz CT molecular complexity index is 413. The topological polar surface area (TPSA) is 60.2 Å². The van der Waals surface area contributed by atoms with Crippen molar-refractivity contribution in [3.63, 3.8) is 0 Å². The van der Waals surface area contributed by atoms with Gasteiger partial charge in [-0.1, -0.05) is 25.9 Å². The third-order valence-corrected chi connectivity index (χ3v) is 4.33. The second-order valence-corrected chi connectivity index (χ2v) is 6.45. The van der Waals surface area contributed by atoms with E-state index >= 15 is 0 Å². The van der Waals surface area contributed by atoms with E-state index in [1.165, 1.54) is 12.8 Å². The van der Waals surface area contributed by atoms with E-state index in [-0.39, 0.29) is 6.10 Å². The van der Waals surface area contributed by atoms with Crippen molar-refractivity contribution in [2.75, 3.05) is 19.7 Å². The highest BCUT2D eigenvalue weighted by atomic mass is 16.5. The Morgan fingerprint density at radius 3 is 2.81 bits per heavy atom. The van der Waals surface area contributed by atoms with Crippen LogP contribution in [-0.2, 0) is 11.2 Å². The molecule has 1 aromatic heterocycles. The number of nitrogens with one attached hydrogen (secondary N) is 1. The maximum absolute atomic E-state index is 5.73. The molecule has 5 heteroatoms. The molecule has 1 aromatic rings. The molecule has 0 bridgehead atoms. The van der Waals surface area contributed by atoms with Gasteiger partial charge in [0, 0.05) is 13.0 Å². The lowest BCUT2D eigenvalue weighted by molar-refractivity contribution is 0.0217. The summed E-state index contributed by atoms with van der Waals surface area (Å²) in [6, 6.07) is 0. The van der Waals surface area contributed by atoms with E-state index in [9.17, 15) is 0 Å². The van der Waals surface area contributed by atoms with Gasteiger partial charge in [-0.2, -0.15) is 4.98 Å². The summed E-state index contributed by atoms with van der Waals surface area (Å²) in [6.07, 6.45) is 3.35. The van der Waals surface area contributed by atoms with Gasteiger partial charge in [-0.15, -0.1) is 0 Å². The van der Waals surface area contributed by atoms with Crippen LogP contribution in [0.15, 0.2) is 4.52 Å². The molecule has 3 unspecified atom stereocenters. The van der Waals surface area contributed by atoms with Gasteiger partial charge in [0.05, 0.1) is 0 Å². The van der Waals surface area contributed by atoms with Gasteiger partial charge in [0.15, 0.2) is 0 Å². The summed E-state index contributed by atoms with van der Waals surface area (Å²) >= 11 is 0. The Balaban J connectivity index is 1.95. The fourth-order valence-corrected chi connectivity index (χ4v) is 3.02. The number of piperidine rings is 1. The molecular weight excluding hydrogens is 266 g/mol. The van der Waals surface area contributed by atoms with Crippen LogP contribution in [-0.4, -0.2) is 29.8 Å². The van der Waals surface area contributed by atoms with Crippen LogP contribution in [0.1, 0.15) is 58.4 Å². The molecule has 2 heterocycles. The van der Waals surface area contributed by atoms with E-state index in [1.807, 2.05) is 6.92 Å². The van der Waals surface area contributed by atoms with Gasteiger partial charge in [0.1, 0.15) is 6.10 Å². The summed E-state index contributed by atoms with van der Waals surface area (Å²) in [5.41, 5.74) is 0. The van der Waals surface area contributed by atoms with Gasteiger partial charge in [-0.25, -0.2) is 0 Å². The first-order valence-corrected chi connectivity index (χ1v) is 8.26. The molecule has 1 aliphatic rings. The lowest BCUT2D eigenvalue weighted by Crippen LogP contribution is -2.33. The average molecular weight is 295 g/mol. The van der Waals surface area contributed by atoms with Crippen LogP contribution in [0.5, 0.6) is 0 Å². The molecule has 1 fully saturated rings. The Morgan fingerprint density at radius 1 is 1.38 bits per heavy atom. The second kappa shape index (κ2) is 7.90. The van der Waals surface area contributed by atoms with Crippen molar-refractivity contribution in [1.82, 2.24) is 15.5 Å². The van der Waals surface area contributed by atoms with Crippen LogP contribution in [0.4, 0.5) is 0 Å². The van der Waals surface area contributed by atoms with Crippen molar-refractivity contribution in [3.8, 4) is 0 Å². The number of hydrogen-bond donors (Lipinski definition) is 1. The van der Waals surface area contributed by atoms with Gasteiger partial charge < -0.3 is 14.6 Å².